The van der Waals surface area contributed by atoms with Crippen LogP contribution < -0.4 is 19.9 Å². The van der Waals surface area contributed by atoms with Gasteiger partial charge in [0.1, 0.15) is 23.2 Å². The van der Waals surface area contributed by atoms with Gasteiger partial charge in [-0.1, -0.05) is 24.3 Å². The summed E-state index contributed by atoms with van der Waals surface area (Å²) in [6.07, 6.45) is 0. The van der Waals surface area contributed by atoms with E-state index in [-0.39, 0.29) is 0 Å². The summed E-state index contributed by atoms with van der Waals surface area (Å²) < 4.78 is 5.52. The summed E-state index contributed by atoms with van der Waals surface area (Å²) in [5, 5.41) is 3.41. The molecule has 0 aliphatic carbocycles. The summed E-state index contributed by atoms with van der Waals surface area (Å²) in [6, 6.07) is 18.5. The van der Waals surface area contributed by atoms with Gasteiger partial charge in [-0.05, 0) is 43.7 Å². The zero-order chi connectivity index (χ0) is 20.2. The van der Waals surface area contributed by atoms with Crippen LogP contribution in [0.5, 0.6) is 5.75 Å². The molecular formula is C23H27N5O. The lowest BCUT2D eigenvalue weighted by Gasteiger charge is -2.37. The van der Waals surface area contributed by atoms with Gasteiger partial charge in [0, 0.05) is 37.9 Å². The van der Waals surface area contributed by atoms with Crippen molar-refractivity contribution < 1.29 is 4.74 Å². The minimum absolute atomic E-state index is 0.768. The molecular weight excluding hydrogens is 362 g/mol. The Morgan fingerprint density at radius 2 is 1.62 bits per heavy atom. The molecule has 0 unspecified atom stereocenters. The van der Waals surface area contributed by atoms with Crippen LogP contribution in [0.25, 0.3) is 0 Å². The number of ether oxygens (including phenoxy) is 1. The molecule has 1 aliphatic rings. The predicted molar refractivity (Wildman–Crippen MR) is 119 cm³/mol. The molecule has 0 saturated carbocycles. The van der Waals surface area contributed by atoms with E-state index in [1.54, 1.807) is 7.11 Å². The van der Waals surface area contributed by atoms with E-state index in [0.29, 0.717) is 0 Å². The van der Waals surface area contributed by atoms with Gasteiger partial charge in [-0.2, -0.15) is 0 Å². The number of anilines is 4. The SMILES string of the molecule is COc1ccccc1N1CCN(c2cc(Nc3cccc(C)c3)nc(C)n2)CC1. The molecule has 0 amide bonds. The van der Waals surface area contributed by atoms with Crippen LogP contribution >= 0.6 is 0 Å². The second-order valence-corrected chi connectivity index (χ2v) is 7.30. The lowest BCUT2D eigenvalue weighted by molar-refractivity contribution is 0.413. The third-order valence-corrected chi connectivity index (χ3v) is 5.14. The number of hydrogen-bond acceptors (Lipinski definition) is 6. The van der Waals surface area contributed by atoms with Gasteiger partial charge >= 0.3 is 0 Å². The number of aromatic nitrogens is 2. The van der Waals surface area contributed by atoms with Crippen molar-refractivity contribution >= 4 is 23.0 Å². The van der Waals surface area contributed by atoms with Crippen LogP contribution in [0.1, 0.15) is 11.4 Å². The number of hydrogen-bond donors (Lipinski definition) is 1. The van der Waals surface area contributed by atoms with Crippen LogP contribution in [-0.2, 0) is 0 Å². The summed E-state index contributed by atoms with van der Waals surface area (Å²) in [5.74, 6) is 3.48. The van der Waals surface area contributed by atoms with Crippen molar-refractivity contribution in [3.63, 3.8) is 0 Å². The second-order valence-electron chi connectivity index (χ2n) is 7.30. The maximum Gasteiger partial charge on any atom is 0.142 e. The molecule has 0 spiro atoms. The fourth-order valence-corrected chi connectivity index (χ4v) is 3.72. The summed E-state index contributed by atoms with van der Waals surface area (Å²) in [6.45, 7) is 7.67. The number of aryl methyl sites for hydroxylation is 2. The highest BCUT2D eigenvalue weighted by Gasteiger charge is 2.21. The van der Waals surface area contributed by atoms with Crippen LogP contribution in [-0.4, -0.2) is 43.3 Å². The standard InChI is InChI=1S/C23H27N5O/c1-17-7-6-8-19(15-17)26-22-16-23(25-18(2)24-22)28-13-11-27(12-14-28)20-9-4-5-10-21(20)29-3/h4-10,15-16H,11-14H2,1-3H3,(H,24,25,26). The van der Waals surface area contributed by atoms with Gasteiger partial charge in [-0.15, -0.1) is 0 Å². The zero-order valence-corrected chi connectivity index (χ0v) is 17.2. The summed E-state index contributed by atoms with van der Waals surface area (Å²) in [4.78, 5) is 13.9. The molecule has 29 heavy (non-hydrogen) atoms. The van der Waals surface area contributed by atoms with E-state index >= 15 is 0 Å². The molecule has 1 N–H and O–H groups in total. The minimum Gasteiger partial charge on any atom is -0.495 e. The molecule has 4 rings (SSSR count). The Hall–Kier alpha value is -3.28. The first kappa shape index (κ1) is 19.1. The fraction of sp³-hybridized carbons (Fsp3) is 0.304. The smallest absolute Gasteiger partial charge is 0.142 e. The zero-order valence-electron chi connectivity index (χ0n) is 17.2. The summed E-state index contributed by atoms with van der Waals surface area (Å²) in [7, 11) is 1.72. The lowest BCUT2D eigenvalue weighted by Crippen LogP contribution is -2.47. The summed E-state index contributed by atoms with van der Waals surface area (Å²) >= 11 is 0. The van der Waals surface area contributed by atoms with E-state index in [1.165, 1.54) is 5.56 Å². The third kappa shape index (κ3) is 4.42. The molecule has 6 heteroatoms. The van der Waals surface area contributed by atoms with Crippen LogP contribution in [0.2, 0.25) is 0 Å². The Labute approximate surface area is 172 Å². The van der Waals surface area contributed by atoms with Crippen LogP contribution in [0.4, 0.5) is 23.0 Å². The fourth-order valence-electron chi connectivity index (χ4n) is 3.72. The maximum atomic E-state index is 5.52. The predicted octanol–water partition coefficient (Wildman–Crippen LogP) is 4.17. The first-order valence-corrected chi connectivity index (χ1v) is 9.94. The molecule has 1 saturated heterocycles. The van der Waals surface area contributed by atoms with Crippen molar-refractivity contribution in [2.24, 2.45) is 0 Å². The molecule has 0 atom stereocenters. The average Bonchev–Trinajstić information content (AvgIpc) is 2.73. The highest BCUT2D eigenvalue weighted by atomic mass is 16.5. The topological polar surface area (TPSA) is 53.5 Å². The van der Waals surface area contributed by atoms with E-state index in [1.807, 2.05) is 31.2 Å². The van der Waals surface area contributed by atoms with E-state index in [4.69, 9.17) is 4.74 Å². The first-order valence-electron chi connectivity index (χ1n) is 9.94. The number of nitrogens with zero attached hydrogens (tertiary/aromatic N) is 4. The van der Waals surface area contributed by atoms with Gasteiger partial charge in [0.15, 0.2) is 0 Å². The van der Waals surface area contributed by atoms with Crippen molar-refractivity contribution in [2.45, 2.75) is 13.8 Å². The molecule has 150 valence electrons. The van der Waals surface area contributed by atoms with Crippen molar-refractivity contribution in [3.8, 4) is 5.75 Å². The average molecular weight is 390 g/mol. The third-order valence-electron chi connectivity index (χ3n) is 5.14. The number of para-hydroxylation sites is 2. The van der Waals surface area contributed by atoms with E-state index in [0.717, 1.165) is 60.8 Å². The van der Waals surface area contributed by atoms with E-state index in [9.17, 15) is 0 Å². The molecule has 1 aromatic heterocycles. The monoisotopic (exact) mass is 389 g/mol. The molecule has 0 bridgehead atoms. The molecule has 1 fully saturated rings. The van der Waals surface area contributed by atoms with Crippen molar-refractivity contribution in [2.75, 3.05) is 48.4 Å². The largest absolute Gasteiger partial charge is 0.495 e. The second kappa shape index (κ2) is 8.39. The van der Waals surface area contributed by atoms with Gasteiger partial charge in [0.25, 0.3) is 0 Å². The highest BCUT2D eigenvalue weighted by Crippen LogP contribution is 2.29. The maximum absolute atomic E-state index is 5.52. The van der Waals surface area contributed by atoms with Crippen LogP contribution in [0.3, 0.4) is 0 Å². The van der Waals surface area contributed by atoms with Crippen LogP contribution in [0, 0.1) is 13.8 Å². The van der Waals surface area contributed by atoms with Gasteiger partial charge in [0.05, 0.1) is 12.8 Å². The lowest BCUT2D eigenvalue weighted by atomic mass is 10.2. The normalized spacial score (nSPS) is 14.0. The number of methoxy groups -OCH3 is 1. The molecule has 1 aliphatic heterocycles. The van der Waals surface area contributed by atoms with E-state index < -0.39 is 0 Å². The highest BCUT2D eigenvalue weighted by molar-refractivity contribution is 5.62. The van der Waals surface area contributed by atoms with Crippen molar-refractivity contribution in [1.29, 1.82) is 0 Å². The Kier molecular flexibility index (Phi) is 5.51. The number of benzene rings is 2. The van der Waals surface area contributed by atoms with Crippen molar-refractivity contribution in [3.05, 3.63) is 66.0 Å². The Bertz CT molecular complexity index is 983. The quantitative estimate of drug-likeness (QED) is 0.707. The number of rotatable bonds is 5. The van der Waals surface area contributed by atoms with Crippen LogP contribution in [0.15, 0.2) is 54.6 Å². The summed E-state index contributed by atoms with van der Waals surface area (Å²) in [5.41, 5.74) is 3.40. The Morgan fingerprint density at radius 3 is 2.38 bits per heavy atom. The molecule has 6 nitrogen and oxygen atoms in total. The Balaban J connectivity index is 1.47. The molecule has 2 aromatic carbocycles. The van der Waals surface area contributed by atoms with Gasteiger partial charge < -0.3 is 19.9 Å². The molecule has 3 aromatic rings. The van der Waals surface area contributed by atoms with Gasteiger partial charge in [-0.25, -0.2) is 9.97 Å². The first-order chi connectivity index (χ1) is 14.1. The minimum atomic E-state index is 0.768. The van der Waals surface area contributed by atoms with Gasteiger partial charge in [0.2, 0.25) is 0 Å². The number of piperazine rings is 1. The Morgan fingerprint density at radius 1 is 0.862 bits per heavy atom. The molecule has 0 radical (unpaired) electrons. The van der Waals surface area contributed by atoms with Gasteiger partial charge in [-0.3, -0.25) is 0 Å². The molecule has 2 heterocycles. The van der Waals surface area contributed by atoms with E-state index in [2.05, 4.69) is 62.3 Å². The van der Waals surface area contributed by atoms with Crippen molar-refractivity contribution in [1.82, 2.24) is 9.97 Å². The number of nitrogens with one attached hydrogen (secondary N) is 1.